The first-order chi connectivity index (χ1) is 8.15. The summed E-state index contributed by atoms with van der Waals surface area (Å²) in [4.78, 5) is 13.5. The minimum absolute atomic E-state index is 0.144. The summed E-state index contributed by atoms with van der Waals surface area (Å²) in [6, 6.07) is 4.37. The maximum absolute atomic E-state index is 11.8. The van der Waals surface area contributed by atoms with Gasteiger partial charge in [0.1, 0.15) is 5.76 Å². The van der Waals surface area contributed by atoms with Gasteiger partial charge in [-0.15, -0.1) is 0 Å². The van der Waals surface area contributed by atoms with E-state index in [1.165, 1.54) is 12.8 Å². The number of nitrogens with one attached hydrogen (secondary N) is 1. The summed E-state index contributed by atoms with van der Waals surface area (Å²) >= 11 is 3.24. The van der Waals surface area contributed by atoms with Crippen LogP contribution in [0.5, 0.6) is 0 Å². The molecular formula is C12H17BrN2O2. The molecule has 94 valence electrons. The van der Waals surface area contributed by atoms with Crippen LogP contribution in [0.2, 0.25) is 0 Å². The van der Waals surface area contributed by atoms with Crippen LogP contribution in [0.1, 0.15) is 25.0 Å². The molecule has 2 rings (SSSR count). The van der Waals surface area contributed by atoms with Gasteiger partial charge in [-0.2, -0.15) is 0 Å². The molecule has 0 bridgehead atoms. The van der Waals surface area contributed by atoms with Crippen LogP contribution in [-0.2, 0) is 11.3 Å². The molecule has 1 aliphatic rings. The summed E-state index contributed by atoms with van der Waals surface area (Å²) in [5.74, 6) is 0.938. The van der Waals surface area contributed by atoms with Gasteiger partial charge in [0.2, 0.25) is 5.91 Å². The van der Waals surface area contributed by atoms with Crippen LogP contribution in [0.15, 0.2) is 21.2 Å². The van der Waals surface area contributed by atoms with E-state index in [0.29, 0.717) is 23.7 Å². The summed E-state index contributed by atoms with van der Waals surface area (Å²) in [6.07, 6.45) is 3.06. The standard InChI is InChI=1S/C12H17BrN2O2/c1-15(8-10-4-5-11(13)17-10)12(16)6-7-14-9-2-3-9/h4-5,9,14H,2-3,6-8H2,1H3. The van der Waals surface area contributed by atoms with E-state index in [2.05, 4.69) is 21.2 Å². The van der Waals surface area contributed by atoms with Crippen molar-refractivity contribution in [2.24, 2.45) is 0 Å². The highest BCUT2D eigenvalue weighted by molar-refractivity contribution is 9.10. The molecule has 0 spiro atoms. The van der Waals surface area contributed by atoms with Gasteiger partial charge >= 0.3 is 0 Å². The van der Waals surface area contributed by atoms with Crippen LogP contribution in [0, 0.1) is 0 Å². The summed E-state index contributed by atoms with van der Waals surface area (Å²) < 4.78 is 6.06. The van der Waals surface area contributed by atoms with Crippen molar-refractivity contribution >= 4 is 21.8 Å². The number of carbonyl (C=O) groups is 1. The molecule has 1 saturated carbocycles. The molecule has 0 aliphatic heterocycles. The Hall–Kier alpha value is -0.810. The van der Waals surface area contributed by atoms with Gasteiger partial charge in [-0.05, 0) is 40.9 Å². The summed E-state index contributed by atoms with van der Waals surface area (Å²) in [7, 11) is 1.80. The molecule has 0 saturated heterocycles. The van der Waals surface area contributed by atoms with Crippen molar-refractivity contribution in [2.75, 3.05) is 13.6 Å². The molecule has 0 aromatic carbocycles. The van der Waals surface area contributed by atoms with E-state index >= 15 is 0 Å². The lowest BCUT2D eigenvalue weighted by Crippen LogP contribution is -2.30. The Morgan fingerprint density at radius 3 is 2.94 bits per heavy atom. The molecule has 0 atom stereocenters. The zero-order valence-corrected chi connectivity index (χ0v) is 11.5. The van der Waals surface area contributed by atoms with E-state index in [1.54, 1.807) is 11.9 Å². The third kappa shape index (κ3) is 4.16. The number of halogens is 1. The number of amides is 1. The lowest BCUT2D eigenvalue weighted by molar-refractivity contribution is -0.130. The Kier molecular flexibility index (Phi) is 4.23. The van der Waals surface area contributed by atoms with Crippen molar-refractivity contribution in [3.05, 3.63) is 22.6 Å². The molecule has 0 unspecified atom stereocenters. The van der Waals surface area contributed by atoms with Crippen molar-refractivity contribution in [2.45, 2.75) is 31.8 Å². The number of hydrogen-bond donors (Lipinski definition) is 1. The van der Waals surface area contributed by atoms with Crippen molar-refractivity contribution in [3.63, 3.8) is 0 Å². The molecule has 1 heterocycles. The van der Waals surface area contributed by atoms with Gasteiger partial charge in [0.15, 0.2) is 4.67 Å². The highest BCUT2D eigenvalue weighted by Crippen LogP contribution is 2.18. The fraction of sp³-hybridized carbons (Fsp3) is 0.583. The summed E-state index contributed by atoms with van der Waals surface area (Å²) in [6.45, 7) is 1.30. The van der Waals surface area contributed by atoms with Crippen LogP contribution >= 0.6 is 15.9 Å². The molecular weight excluding hydrogens is 284 g/mol. The highest BCUT2D eigenvalue weighted by Gasteiger charge is 2.20. The number of hydrogen-bond acceptors (Lipinski definition) is 3. The van der Waals surface area contributed by atoms with Gasteiger partial charge in [-0.3, -0.25) is 4.79 Å². The van der Waals surface area contributed by atoms with Crippen molar-refractivity contribution in [1.82, 2.24) is 10.2 Å². The lowest BCUT2D eigenvalue weighted by atomic mass is 10.3. The highest BCUT2D eigenvalue weighted by atomic mass is 79.9. The smallest absolute Gasteiger partial charge is 0.223 e. The van der Waals surface area contributed by atoms with Gasteiger partial charge in [0, 0.05) is 26.1 Å². The van der Waals surface area contributed by atoms with Crippen LogP contribution in [-0.4, -0.2) is 30.4 Å². The second-order valence-corrected chi connectivity index (χ2v) is 5.22. The fourth-order valence-corrected chi connectivity index (χ4v) is 1.96. The molecule has 1 amide bonds. The Morgan fingerprint density at radius 2 is 2.35 bits per heavy atom. The van der Waals surface area contributed by atoms with Crippen LogP contribution in [0.25, 0.3) is 0 Å². The Labute approximate surface area is 109 Å². The first kappa shape index (κ1) is 12.6. The van der Waals surface area contributed by atoms with Crippen LogP contribution < -0.4 is 5.32 Å². The molecule has 0 radical (unpaired) electrons. The Morgan fingerprint density at radius 1 is 1.59 bits per heavy atom. The van der Waals surface area contributed by atoms with E-state index in [-0.39, 0.29) is 5.91 Å². The monoisotopic (exact) mass is 300 g/mol. The van der Waals surface area contributed by atoms with Gasteiger partial charge in [0.05, 0.1) is 6.54 Å². The first-order valence-electron chi connectivity index (χ1n) is 5.86. The molecule has 1 N–H and O–H groups in total. The maximum atomic E-state index is 11.8. The maximum Gasteiger partial charge on any atom is 0.223 e. The van der Waals surface area contributed by atoms with Crippen molar-refractivity contribution in [1.29, 1.82) is 0 Å². The van der Waals surface area contributed by atoms with E-state index in [4.69, 9.17) is 4.42 Å². The average Bonchev–Trinajstić information content (AvgIpc) is 3.02. The third-order valence-electron chi connectivity index (χ3n) is 2.80. The fourth-order valence-electron chi connectivity index (χ4n) is 1.62. The quantitative estimate of drug-likeness (QED) is 0.875. The lowest BCUT2D eigenvalue weighted by Gasteiger charge is -2.15. The molecule has 4 nitrogen and oxygen atoms in total. The largest absolute Gasteiger partial charge is 0.452 e. The molecule has 1 aromatic rings. The normalized spacial score (nSPS) is 14.9. The number of furan rings is 1. The number of nitrogens with zero attached hydrogens (tertiary/aromatic N) is 1. The molecule has 5 heteroatoms. The minimum atomic E-state index is 0.144. The zero-order chi connectivity index (χ0) is 12.3. The second kappa shape index (κ2) is 5.69. The van der Waals surface area contributed by atoms with E-state index in [1.807, 2.05) is 12.1 Å². The third-order valence-corrected chi connectivity index (χ3v) is 3.22. The van der Waals surface area contributed by atoms with E-state index < -0.39 is 0 Å². The minimum Gasteiger partial charge on any atom is -0.452 e. The summed E-state index contributed by atoms with van der Waals surface area (Å²) in [5.41, 5.74) is 0. The molecule has 1 fully saturated rings. The van der Waals surface area contributed by atoms with Gasteiger partial charge in [-0.25, -0.2) is 0 Å². The molecule has 17 heavy (non-hydrogen) atoms. The van der Waals surface area contributed by atoms with E-state index in [9.17, 15) is 4.79 Å². The topological polar surface area (TPSA) is 45.5 Å². The van der Waals surface area contributed by atoms with E-state index in [0.717, 1.165) is 12.3 Å². The predicted molar refractivity (Wildman–Crippen MR) is 68.5 cm³/mol. The van der Waals surface area contributed by atoms with Gasteiger partial charge < -0.3 is 14.6 Å². The van der Waals surface area contributed by atoms with Crippen LogP contribution in [0.3, 0.4) is 0 Å². The first-order valence-corrected chi connectivity index (χ1v) is 6.66. The second-order valence-electron chi connectivity index (χ2n) is 4.43. The number of rotatable bonds is 6. The van der Waals surface area contributed by atoms with Crippen LogP contribution in [0.4, 0.5) is 0 Å². The van der Waals surface area contributed by atoms with Gasteiger partial charge in [-0.1, -0.05) is 0 Å². The summed E-state index contributed by atoms with van der Waals surface area (Å²) in [5, 5.41) is 3.33. The zero-order valence-electron chi connectivity index (χ0n) is 9.91. The predicted octanol–water partition coefficient (Wildman–Crippen LogP) is 2.14. The average molecular weight is 301 g/mol. The van der Waals surface area contributed by atoms with Crippen molar-refractivity contribution < 1.29 is 9.21 Å². The Bertz CT molecular complexity index is 388. The molecule has 1 aromatic heterocycles. The molecule has 1 aliphatic carbocycles. The van der Waals surface area contributed by atoms with Crippen molar-refractivity contribution in [3.8, 4) is 0 Å². The SMILES string of the molecule is CN(Cc1ccc(Br)o1)C(=O)CCNC1CC1. The van der Waals surface area contributed by atoms with Gasteiger partial charge in [0.25, 0.3) is 0 Å². The Balaban J connectivity index is 1.70. The number of carbonyl (C=O) groups excluding carboxylic acids is 1.